The van der Waals surface area contributed by atoms with Crippen LogP contribution in [0.4, 0.5) is 5.69 Å². The summed E-state index contributed by atoms with van der Waals surface area (Å²) in [6, 6.07) is 11.5. The monoisotopic (exact) mass is 299 g/mol. The number of hydrogen-bond donors (Lipinski definition) is 1. The molecule has 0 saturated carbocycles. The molecule has 0 bridgehead atoms. The van der Waals surface area contributed by atoms with Crippen LogP contribution < -0.4 is 5.32 Å². The van der Waals surface area contributed by atoms with E-state index in [1.807, 2.05) is 37.3 Å². The van der Waals surface area contributed by atoms with Crippen LogP contribution in [0.25, 0.3) is 0 Å². The molecule has 0 fully saturated rings. The van der Waals surface area contributed by atoms with Gasteiger partial charge in [0.15, 0.2) is 0 Å². The van der Waals surface area contributed by atoms with Gasteiger partial charge in [-0.3, -0.25) is 4.79 Å². The molecule has 0 saturated heterocycles. The normalized spacial score (nSPS) is 10.0. The second kappa shape index (κ2) is 6.42. The van der Waals surface area contributed by atoms with Gasteiger partial charge in [0.1, 0.15) is 10.9 Å². The third-order valence-corrected chi connectivity index (χ3v) is 4.11. The van der Waals surface area contributed by atoms with Crippen molar-refractivity contribution in [2.45, 2.75) is 13.5 Å². The molecule has 0 aliphatic heterocycles. The van der Waals surface area contributed by atoms with Crippen molar-refractivity contribution in [1.29, 1.82) is 5.26 Å². The molecule has 1 amide bonds. The fraction of sp³-hybridized carbons (Fsp3) is 0.250. The summed E-state index contributed by atoms with van der Waals surface area (Å²) in [5, 5.41) is 12.2. The molecule has 0 radical (unpaired) electrons. The van der Waals surface area contributed by atoms with E-state index in [9.17, 15) is 4.79 Å². The van der Waals surface area contributed by atoms with Gasteiger partial charge in [-0.05, 0) is 36.8 Å². The first-order chi connectivity index (χ1) is 10.0. The standard InChI is InChI=1S/C16H17N3OS/c1-11-4-5-12(16(20)19(2)3)8-15(11)18-10-14-7-6-13(9-17)21-14/h4-8,18H,10H2,1-3H3. The Morgan fingerprint density at radius 2 is 2.10 bits per heavy atom. The highest BCUT2D eigenvalue weighted by molar-refractivity contribution is 7.12. The van der Waals surface area contributed by atoms with Gasteiger partial charge in [0.25, 0.3) is 5.91 Å². The first kappa shape index (κ1) is 15.1. The highest BCUT2D eigenvalue weighted by atomic mass is 32.1. The minimum Gasteiger partial charge on any atom is -0.380 e. The Labute approximate surface area is 128 Å². The van der Waals surface area contributed by atoms with Crippen LogP contribution in [0.5, 0.6) is 0 Å². The molecule has 0 atom stereocenters. The predicted octanol–water partition coefficient (Wildman–Crippen LogP) is 3.24. The van der Waals surface area contributed by atoms with Gasteiger partial charge < -0.3 is 10.2 Å². The summed E-state index contributed by atoms with van der Waals surface area (Å²) in [6.45, 7) is 2.65. The van der Waals surface area contributed by atoms with Crippen LogP contribution in [0.1, 0.15) is 25.7 Å². The number of benzene rings is 1. The number of rotatable bonds is 4. The molecule has 108 valence electrons. The Bertz CT molecular complexity index is 698. The largest absolute Gasteiger partial charge is 0.380 e. The number of amides is 1. The Kier molecular flexibility index (Phi) is 4.61. The maximum Gasteiger partial charge on any atom is 0.253 e. The molecule has 2 rings (SSSR count). The second-order valence-corrected chi connectivity index (χ2v) is 6.13. The number of thiophene rings is 1. The van der Waals surface area contributed by atoms with E-state index in [-0.39, 0.29) is 5.91 Å². The maximum absolute atomic E-state index is 12.0. The van der Waals surface area contributed by atoms with Crippen LogP contribution in [0.2, 0.25) is 0 Å². The van der Waals surface area contributed by atoms with Crippen LogP contribution in [-0.4, -0.2) is 24.9 Å². The number of nitrogens with one attached hydrogen (secondary N) is 1. The summed E-state index contributed by atoms with van der Waals surface area (Å²) in [7, 11) is 3.48. The van der Waals surface area contributed by atoms with E-state index < -0.39 is 0 Å². The van der Waals surface area contributed by atoms with Crippen LogP contribution in [-0.2, 0) is 6.54 Å². The third-order valence-electron chi connectivity index (χ3n) is 3.12. The molecule has 1 aromatic heterocycles. The lowest BCUT2D eigenvalue weighted by molar-refractivity contribution is 0.0827. The molecule has 5 heteroatoms. The minimum atomic E-state index is -0.0130. The lowest BCUT2D eigenvalue weighted by Crippen LogP contribution is -2.21. The number of nitrogens with zero attached hydrogens (tertiary/aromatic N) is 2. The number of carbonyl (C=O) groups is 1. The van der Waals surface area contributed by atoms with E-state index in [1.165, 1.54) is 11.3 Å². The van der Waals surface area contributed by atoms with Crippen LogP contribution in [0.3, 0.4) is 0 Å². The van der Waals surface area contributed by atoms with E-state index in [2.05, 4.69) is 11.4 Å². The smallest absolute Gasteiger partial charge is 0.253 e. The molecule has 1 N–H and O–H groups in total. The quantitative estimate of drug-likeness (QED) is 0.943. The first-order valence-corrected chi connectivity index (χ1v) is 7.38. The summed E-state index contributed by atoms with van der Waals surface area (Å²) < 4.78 is 0. The fourth-order valence-electron chi connectivity index (χ4n) is 1.92. The molecule has 1 heterocycles. The zero-order valence-corrected chi connectivity index (χ0v) is 13.1. The van der Waals surface area contributed by atoms with Crippen LogP contribution in [0, 0.1) is 18.3 Å². The van der Waals surface area contributed by atoms with Crippen molar-refractivity contribution in [2.24, 2.45) is 0 Å². The molecule has 1 aromatic carbocycles. The lowest BCUT2D eigenvalue weighted by atomic mass is 10.1. The lowest BCUT2D eigenvalue weighted by Gasteiger charge is -2.14. The van der Waals surface area contributed by atoms with Gasteiger partial charge in [-0.15, -0.1) is 11.3 Å². The first-order valence-electron chi connectivity index (χ1n) is 6.56. The molecule has 2 aromatic rings. The third kappa shape index (κ3) is 3.61. The highest BCUT2D eigenvalue weighted by Crippen LogP contribution is 2.21. The van der Waals surface area contributed by atoms with E-state index in [1.54, 1.807) is 19.0 Å². The topological polar surface area (TPSA) is 56.1 Å². The Balaban J connectivity index is 2.14. The fourth-order valence-corrected chi connectivity index (χ4v) is 2.66. The van der Waals surface area contributed by atoms with Crippen molar-refractivity contribution in [3.05, 3.63) is 51.2 Å². The zero-order valence-electron chi connectivity index (χ0n) is 12.3. The summed E-state index contributed by atoms with van der Waals surface area (Å²) in [5.74, 6) is -0.0130. The highest BCUT2D eigenvalue weighted by Gasteiger charge is 2.10. The van der Waals surface area contributed by atoms with Crippen LogP contribution >= 0.6 is 11.3 Å². The van der Waals surface area contributed by atoms with Gasteiger partial charge >= 0.3 is 0 Å². The molecule has 4 nitrogen and oxygen atoms in total. The maximum atomic E-state index is 12.0. The predicted molar refractivity (Wildman–Crippen MR) is 85.6 cm³/mol. The molecule has 0 aliphatic carbocycles. The summed E-state index contributed by atoms with van der Waals surface area (Å²) in [5.41, 5.74) is 2.69. The van der Waals surface area contributed by atoms with Crippen molar-refractivity contribution in [3.63, 3.8) is 0 Å². The zero-order chi connectivity index (χ0) is 15.4. The average molecular weight is 299 g/mol. The van der Waals surface area contributed by atoms with E-state index in [0.717, 1.165) is 16.1 Å². The van der Waals surface area contributed by atoms with Gasteiger partial charge in [0.2, 0.25) is 0 Å². The van der Waals surface area contributed by atoms with Gasteiger partial charge in [-0.25, -0.2) is 0 Å². The number of nitriles is 1. The van der Waals surface area contributed by atoms with E-state index >= 15 is 0 Å². The Hall–Kier alpha value is -2.32. The molecule has 0 unspecified atom stereocenters. The molecular weight excluding hydrogens is 282 g/mol. The van der Waals surface area contributed by atoms with Crippen LogP contribution in [0.15, 0.2) is 30.3 Å². The summed E-state index contributed by atoms with van der Waals surface area (Å²) in [4.78, 5) is 15.4. The molecule has 0 spiro atoms. The minimum absolute atomic E-state index is 0.0130. The van der Waals surface area contributed by atoms with E-state index in [4.69, 9.17) is 5.26 Å². The Morgan fingerprint density at radius 1 is 1.33 bits per heavy atom. The molecule has 0 aliphatic rings. The number of carbonyl (C=O) groups excluding carboxylic acids is 1. The van der Waals surface area contributed by atoms with Gasteiger partial charge in [-0.2, -0.15) is 5.26 Å². The Morgan fingerprint density at radius 3 is 2.71 bits per heavy atom. The van der Waals surface area contributed by atoms with Gasteiger partial charge in [0.05, 0.1) is 0 Å². The number of aryl methyl sites for hydroxylation is 1. The second-order valence-electron chi connectivity index (χ2n) is 4.96. The van der Waals surface area contributed by atoms with Gasteiger partial charge in [-0.1, -0.05) is 6.07 Å². The summed E-state index contributed by atoms with van der Waals surface area (Å²) in [6.07, 6.45) is 0. The van der Waals surface area contributed by atoms with Crippen molar-refractivity contribution in [1.82, 2.24) is 4.90 Å². The van der Waals surface area contributed by atoms with Crippen molar-refractivity contribution in [2.75, 3.05) is 19.4 Å². The molecular formula is C16H17N3OS. The van der Waals surface area contributed by atoms with Crippen molar-refractivity contribution < 1.29 is 4.79 Å². The summed E-state index contributed by atoms with van der Waals surface area (Å²) >= 11 is 1.47. The van der Waals surface area contributed by atoms with E-state index in [0.29, 0.717) is 17.0 Å². The average Bonchev–Trinajstić information content (AvgIpc) is 2.93. The molecule has 21 heavy (non-hydrogen) atoms. The van der Waals surface area contributed by atoms with Crippen molar-refractivity contribution >= 4 is 22.9 Å². The SMILES string of the molecule is Cc1ccc(C(=O)N(C)C)cc1NCc1ccc(C#N)s1. The van der Waals surface area contributed by atoms with Crippen molar-refractivity contribution in [3.8, 4) is 6.07 Å². The number of anilines is 1. The van der Waals surface area contributed by atoms with Gasteiger partial charge in [0, 0.05) is 36.8 Å². The number of hydrogen-bond acceptors (Lipinski definition) is 4.